The molecule has 5 heterocycles. The Morgan fingerprint density at radius 2 is 0.827 bits per heavy atom. The van der Waals surface area contributed by atoms with E-state index < -0.39 is 0 Å². The predicted molar refractivity (Wildman–Crippen MR) is 321 cm³/mol. The van der Waals surface area contributed by atoms with E-state index >= 15 is 0 Å². The minimum absolute atomic E-state index is 0.420. The van der Waals surface area contributed by atoms with Gasteiger partial charge in [0.15, 0.2) is 0 Å². The van der Waals surface area contributed by atoms with Crippen LogP contribution in [0, 0.1) is 17.9 Å². The zero-order valence-electron chi connectivity index (χ0n) is 39.8. The Kier molecular flexibility index (Phi) is 9.05. The molecule has 0 bridgehead atoms. The van der Waals surface area contributed by atoms with Crippen LogP contribution in [0.5, 0.6) is 0 Å². The Hall–Kier alpha value is -9.34. The molecule has 4 nitrogen and oxygen atoms in total. The van der Waals surface area contributed by atoms with Crippen molar-refractivity contribution >= 4 is 144 Å². The molecular formula is C68H36N4S3. The summed E-state index contributed by atoms with van der Waals surface area (Å²) in [4.78, 5) is 4.75. The standard InChI is InChI=1S/C68H36N4S3/c1-70-60-58(41-22-9-4-10-23-41)65(71-53-28-14-11-24-43(53)46-34-37-51-59-42(39-18-5-2-6-19-39)27-17-31-56(59)75-68(51)62(46)71)57(40-20-7-3-8-21-40)52(38-69)61(60)72-63-47(32-35-49-44-25-12-15-29-54(44)73-66(49)63)48-33-36-50-45-26-13-16-30-55(45)74-67(50)64(48)72/h2-37H. The van der Waals surface area contributed by atoms with Gasteiger partial charge in [0.2, 0.25) is 5.69 Å². The number of rotatable bonds is 5. The number of hydrogen-bond acceptors (Lipinski definition) is 4. The van der Waals surface area contributed by atoms with Crippen molar-refractivity contribution in [2.24, 2.45) is 0 Å². The third-order valence-electron chi connectivity index (χ3n) is 15.4. The first kappa shape index (κ1) is 42.2. The Bertz CT molecular complexity index is 4990. The van der Waals surface area contributed by atoms with Crippen molar-refractivity contribution < 1.29 is 0 Å². The lowest BCUT2D eigenvalue weighted by Gasteiger charge is -2.26. The molecule has 11 aromatic carbocycles. The van der Waals surface area contributed by atoms with Gasteiger partial charge in [-0.25, -0.2) is 4.85 Å². The largest absolute Gasteiger partial charge is 0.315 e. The van der Waals surface area contributed by atoms with Gasteiger partial charge in [0.05, 0.1) is 59.7 Å². The van der Waals surface area contributed by atoms with Crippen molar-refractivity contribution in [1.82, 2.24) is 9.13 Å². The molecule has 16 rings (SSSR count). The molecule has 7 heteroatoms. The van der Waals surface area contributed by atoms with Gasteiger partial charge >= 0.3 is 0 Å². The van der Waals surface area contributed by atoms with Gasteiger partial charge in [-0.05, 0) is 46.5 Å². The fourth-order valence-corrected chi connectivity index (χ4v) is 16.1. The molecule has 0 aliphatic heterocycles. The zero-order chi connectivity index (χ0) is 49.5. The number of nitriles is 1. The van der Waals surface area contributed by atoms with Crippen LogP contribution in [-0.4, -0.2) is 9.13 Å². The normalized spacial score (nSPS) is 12.0. The van der Waals surface area contributed by atoms with Gasteiger partial charge in [0, 0.05) is 79.1 Å². The highest BCUT2D eigenvalue weighted by Crippen LogP contribution is 2.56. The first-order chi connectivity index (χ1) is 37.2. The molecule has 16 aromatic rings. The number of thiophene rings is 3. The van der Waals surface area contributed by atoms with Crippen molar-refractivity contribution in [2.45, 2.75) is 0 Å². The molecule has 0 radical (unpaired) electrons. The van der Waals surface area contributed by atoms with E-state index in [4.69, 9.17) is 4.85 Å². The smallest absolute Gasteiger partial charge is 0.221 e. The van der Waals surface area contributed by atoms with Gasteiger partial charge in [0.1, 0.15) is 6.07 Å². The second kappa shape index (κ2) is 16.1. The molecule has 0 amide bonds. The molecule has 75 heavy (non-hydrogen) atoms. The molecule has 346 valence electrons. The molecule has 0 fully saturated rings. The lowest BCUT2D eigenvalue weighted by Crippen LogP contribution is -2.08. The fraction of sp³-hybridized carbons (Fsp3) is 0. The highest BCUT2D eigenvalue weighted by Gasteiger charge is 2.33. The highest BCUT2D eigenvalue weighted by atomic mass is 32.1. The molecule has 0 saturated heterocycles. The second-order valence-electron chi connectivity index (χ2n) is 19.2. The number of hydrogen-bond donors (Lipinski definition) is 0. The molecule has 0 aliphatic carbocycles. The maximum atomic E-state index is 12.4. The topological polar surface area (TPSA) is 38.0 Å². The van der Waals surface area contributed by atoms with Crippen LogP contribution in [0.15, 0.2) is 218 Å². The maximum absolute atomic E-state index is 12.4. The average molecular weight is 1010 g/mol. The van der Waals surface area contributed by atoms with Gasteiger partial charge in [-0.15, -0.1) is 34.0 Å². The van der Waals surface area contributed by atoms with E-state index in [2.05, 4.69) is 221 Å². The zero-order valence-corrected chi connectivity index (χ0v) is 42.2. The van der Waals surface area contributed by atoms with E-state index in [-0.39, 0.29) is 0 Å². The summed E-state index contributed by atoms with van der Waals surface area (Å²) in [5.41, 5.74) is 12.0. The highest BCUT2D eigenvalue weighted by molar-refractivity contribution is 7.27. The van der Waals surface area contributed by atoms with Crippen molar-refractivity contribution in [1.29, 1.82) is 5.26 Å². The Labute approximate surface area is 441 Å². The molecular weight excluding hydrogens is 969 g/mol. The average Bonchev–Trinajstić information content (AvgIpc) is 4.36. The lowest BCUT2D eigenvalue weighted by molar-refractivity contribution is 1.15. The predicted octanol–water partition coefficient (Wildman–Crippen LogP) is 20.4. The van der Waals surface area contributed by atoms with Gasteiger partial charge in [-0.3, -0.25) is 0 Å². The van der Waals surface area contributed by atoms with E-state index in [1.54, 1.807) is 22.7 Å². The van der Waals surface area contributed by atoms with Crippen molar-refractivity contribution in [3.8, 4) is 50.8 Å². The minimum Gasteiger partial charge on any atom is -0.315 e. The van der Waals surface area contributed by atoms with Gasteiger partial charge in [-0.2, -0.15) is 5.26 Å². The maximum Gasteiger partial charge on any atom is 0.221 e. The lowest BCUT2D eigenvalue weighted by atomic mass is 9.88. The first-order valence-electron chi connectivity index (χ1n) is 24.9. The number of para-hydroxylation sites is 1. The Morgan fingerprint density at radius 1 is 0.373 bits per heavy atom. The van der Waals surface area contributed by atoms with Crippen LogP contribution in [-0.2, 0) is 0 Å². The van der Waals surface area contributed by atoms with Gasteiger partial charge < -0.3 is 9.13 Å². The summed E-state index contributed by atoms with van der Waals surface area (Å²) in [6, 6.07) is 80.6. The van der Waals surface area contributed by atoms with E-state index in [1.165, 1.54) is 46.8 Å². The van der Waals surface area contributed by atoms with Crippen LogP contribution in [0.25, 0.3) is 154 Å². The second-order valence-corrected chi connectivity index (χ2v) is 22.3. The van der Waals surface area contributed by atoms with E-state index in [9.17, 15) is 11.8 Å². The first-order valence-corrected chi connectivity index (χ1v) is 27.4. The summed E-state index contributed by atoms with van der Waals surface area (Å²) >= 11 is 5.37. The molecule has 0 saturated carbocycles. The van der Waals surface area contributed by atoms with Gasteiger partial charge in [0.25, 0.3) is 0 Å². The van der Waals surface area contributed by atoms with Crippen molar-refractivity contribution in [3.63, 3.8) is 0 Å². The van der Waals surface area contributed by atoms with Crippen LogP contribution in [0.4, 0.5) is 5.69 Å². The van der Waals surface area contributed by atoms with Crippen molar-refractivity contribution in [3.05, 3.63) is 235 Å². The van der Waals surface area contributed by atoms with Crippen LogP contribution in [0.2, 0.25) is 0 Å². The summed E-state index contributed by atoms with van der Waals surface area (Å²) < 4.78 is 11.7. The molecule has 0 N–H and O–H groups in total. The van der Waals surface area contributed by atoms with E-state index in [0.29, 0.717) is 16.9 Å². The van der Waals surface area contributed by atoms with Crippen LogP contribution in [0.1, 0.15) is 5.56 Å². The Morgan fingerprint density at radius 3 is 1.43 bits per heavy atom. The SMILES string of the molecule is [C-]#[N+]c1c(-c2ccccc2)c(-n2c3ccccc3c3ccc4c(sc5cccc(-c6ccccc6)c54)c32)c(-c2ccccc2)c(C#N)c1-n1c2c(ccc3c4ccccc4sc32)c2ccc3c4ccccc4sc3c21. The number of aromatic nitrogens is 2. The quantitative estimate of drug-likeness (QED) is 0.158. The number of fused-ring (bicyclic) bond motifs is 18. The molecule has 0 unspecified atom stereocenters. The summed E-state index contributed by atoms with van der Waals surface area (Å²) in [6.45, 7) is 9.70. The summed E-state index contributed by atoms with van der Waals surface area (Å²) in [5.74, 6) is 0. The summed E-state index contributed by atoms with van der Waals surface area (Å²) in [7, 11) is 0. The van der Waals surface area contributed by atoms with E-state index in [1.807, 2.05) is 23.5 Å². The third-order valence-corrected chi connectivity index (χ3v) is 18.9. The Balaban J connectivity index is 1.16. The number of benzene rings is 11. The van der Waals surface area contributed by atoms with Crippen LogP contribution < -0.4 is 0 Å². The minimum atomic E-state index is 0.420. The van der Waals surface area contributed by atoms with Crippen LogP contribution >= 0.6 is 34.0 Å². The summed E-state index contributed by atoms with van der Waals surface area (Å²) in [5, 5.41) is 23.9. The van der Waals surface area contributed by atoms with Gasteiger partial charge in [-0.1, -0.05) is 194 Å². The number of nitrogens with zero attached hydrogens (tertiary/aromatic N) is 4. The molecule has 5 aromatic heterocycles. The van der Waals surface area contributed by atoms with Crippen LogP contribution in [0.3, 0.4) is 0 Å². The third kappa shape index (κ3) is 5.83. The molecule has 0 aliphatic rings. The van der Waals surface area contributed by atoms with E-state index in [0.717, 1.165) is 96.4 Å². The fourth-order valence-electron chi connectivity index (χ4n) is 12.3. The monoisotopic (exact) mass is 1000 g/mol. The van der Waals surface area contributed by atoms with Crippen molar-refractivity contribution in [2.75, 3.05) is 0 Å². The summed E-state index contributed by atoms with van der Waals surface area (Å²) in [6.07, 6.45) is 0. The molecule has 0 spiro atoms. The molecule has 0 atom stereocenters.